The van der Waals surface area contributed by atoms with Crippen molar-refractivity contribution in [1.29, 1.82) is 0 Å². The van der Waals surface area contributed by atoms with E-state index in [0.717, 1.165) is 5.69 Å². The summed E-state index contributed by atoms with van der Waals surface area (Å²) in [5.41, 5.74) is 1.35. The molecule has 1 amide bonds. The Labute approximate surface area is 113 Å². The highest BCUT2D eigenvalue weighted by Crippen LogP contribution is 2.14. The average Bonchev–Trinajstić information content (AvgIpc) is 2.34. The smallest absolute Gasteiger partial charge is 0.326 e. The van der Waals surface area contributed by atoms with Crippen LogP contribution in [0.2, 0.25) is 0 Å². The van der Waals surface area contributed by atoms with Crippen molar-refractivity contribution in [2.24, 2.45) is 5.92 Å². The highest BCUT2D eigenvalue weighted by molar-refractivity contribution is 5.97. The van der Waals surface area contributed by atoms with Gasteiger partial charge in [-0.1, -0.05) is 19.9 Å². The van der Waals surface area contributed by atoms with Crippen LogP contribution in [-0.2, 0) is 4.79 Å². The number of carboxylic acids is 1. The fourth-order valence-electron chi connectivity index (χ4n) is 1.66. The minimum Gasteiger partial charge on any atom is -0.480 e. The molecular formula is C14H20N2O3. The first kappa shape index (κ1) is 15.0. The molecule has 0 bridgehead atoms. The van der Waals surface area contributed by atoms with Crippen LogP contribution >= 0.6 is 0 Å². The molecule has 0 radical (unpaired) electrons. The molecule has 0 aromatic heterocycles. The van der Waals surface area contributed by atoms with E-state index in [1.54, 1.807) is 32.0 Å². The van der Waals surface area contributed by atoms with Crippen molar-refractivity contribution in [3.05, 3.63) is 29.8 Å². The summed E-state index contributed by atoms with van der Waals surface area (Å²) in [4.78, 5) is 25.0. The van der Waals surface area contributed by atoms with Gasteiger partial charge in [0.2, 0.25) is 0 Å². The van der Waals surface area contributed by atoms with E-state index in [0.29, 0.717) is 5.56 Å². The number of nitrogens with zero attached hydrogens (tertiary/aromatic N) is 1. The number of carbonyl (C=O) groups is 2. The molecule has 1 aromatic carbocycles. The molecule has 1 rings (SSSR count). The summed E-state index contributed by atoms with van der Waals surface area (Å²) in [6, 6.07) is 6.18. The molecule has 0 spiro atoms. The summed E-state index contributed by atoms with van der Waals surface area (Å²) in [5, 5.41) is 11.6. The molecule has 1 aromatic rings. The molecule has 0 fully saturated rings. The molecule has 0 aliphatic heterocycles. The van der Waals surface area contributed by atoms with Gasteiger partial charge >= 0.3 is 5.97 Å². The fourth-order valence-corrected chi connectivity index (χ4v) is 1.66. The third-order valence-electron chi connectivity index (χ3n) is 2.84. The van der Waals surface area contributed by atoms with Crippen molar-refractivity contribution in [2.75, 3.05) is 19.0 Å². The highest BCUT2D eigenvalue weighted by atomic mass is 16.4. The summed E-state index contributed by atoms with van der Waals surface area (Å²) in [6.45, 7) is 3.52. The summed E-state index contributed by atoms with van der Waals surface area (Å²) >= 11 is 0. The second-order valence-corrected chi connectivity index (χ2v) is 4.98. The maximum absolute atomic E-state index is 12.0. The van der Waals surface area contributed by atoms with Gasteiger partial charge in [0, 0.05) is 25.3 Å². The Morgan fingerprint density at radius 1 is 1.26 bits per heavy atom. The molecule has 0 aliphatic carbocycles. The van der Waals surface area contributed by atoms with Gasteiger partial charge in [-0.3, -0.25) is 4.79 Å². The lowest BCUT2D eigenvalue weighted by Gasteiger charge is -2.18. The number of carboxylic acid groups (broad SMARTS) is 1. The quantitative estimate of drug-likeness (QED) is 0.847. The Kier molecular flexibility index (Phi) is 4.92. The van der Waals surface area contributed by atoms with Crippen molar-refractivity contribution in [3.8, 4) is 0 Å². The number of amides is 1. The Bertz CT molecular complexity index is 470. The lowest BCUT2D eigenvalue weighted by atomic mass is 10.0. The van der Waals surface area contributed by atoms with Crippen molar-refractivity contribution >= 4 is 17.6 Å². The van der Waals surface area contributed by atoms with Gasteiger partial charge in [0.1, 0.15) is 6.04 Å². The lowest BCUT2D eigenvalue weighted by Crippen LogP contribution is -2.44. The number of nitrogens with one attached hydrogen (secondary N) is 1. The van der Waals surface area contributed by atoms with Gasteiger partial charge in [-0.2, -0.15) is 0 Å². The Hall–Kier alpha value is -2.04. The molecule has 0 saturated heterocycles. The molecule has 2 N–H and O–H groups in total. The zero-order valence-electron chi connectivity index (χ0n) is 11.7. The van der Waals surface area contributed by atoms with Gasteiger partial charge in [0.25, 0.3) is 5.91 Å². The topological polar surface area (TPSA) is 69.6 Å². The molecule has 104 valence electrons. The van der Waals surface area contributed by atoms with E-state index < -0.39 is 12.0 Å². The van der Waals surface area contributed by atoms with E-state index >= 15 is 0 Å². The minimum absolute atomic E-state index is 0.168. The first-order chi connectivity index (χ1) is 8.82. The van der Waals surface area contributed by atoms with E-state index in [-0.39, 0.29) is 11.8 Å². The van der Waals surface area contributed by atoms with Crippen molar-refractivity contribution in [1.82, 2.24) is 5.32 Å². The zero-order valence-corrected chi connectivity index (χ0v) is 11.7. The van der Waals surface area contributed by atoms with Gasteiger partial charge < -0.3 is 15.3 Å². The van der Waals surface area contributed by atoms with E-state index in [1.165, 1.54) is 0 Å². The van der Waals surface area contributed by atoms with Crippen LogP contribution in [0.15, 0.2) is 24.3 Å². The number of anilines is 1. The third kappa shape index (κ3) is 3.98. The predicted molar refractivity (Wildman–Crippen MR) is 74.5 cm³/mol. The molecular weight excluding hydrogens is 244 g/mol. The highest BCUT2D eigenvalue weighted by Gasteiger charge is 2.23. The number of aliphatic carboxylic acids is 1. The lowest BCUT2D eigenvalue weighted by molar-refractivity contribution is -0.140. The van der Waals surface area contributed by atoms with Crippen molar-refractivity contribution < 1.29 is 14.7 Å². The molecule has 1 unspecified atom stereocenters. The second kappa shape index (κ2) is 6.22. The first-order valence-electron chi connectivity index (χ1n) is 6.14. The Morgan fingerprint density at radius 2 is 1.89 bits per heavy atom. The normalized spacial score (nSPS) is 12.1. The van der Waals surface area contributed by atoms with Crippen molar-refractivity contribution in [2.45, 2.75) is 19.9 Å². The zero-order chi connectivity index (χ0) is 14.6. The van der Waals surface area contributed by atoms with Crippen LogP contribution in [0.4, 0.5) is 5.69 Å². The summed E-state index contributed by atoms with van der Waals surface area (Å²) in [5.74, 6) is -1.56. The summed E-state index contributed by atoms with van der Waals surface area (Å²) in [6.07, 6.45) is 0. The number of rotatable bonds is 5. The van der Waals surface area contributed by atoms with Gasteiger partial charge in [0.15, 0.2) is 0 Å². The average molecular weight is 264 g/mol. The summed E-state index contributed by atoms with van der Waals surface area (Å²) < 4.78 is 0. The molecule has 5 heteroatoms. The fraction of sp³-hybridized carbons (Fsp3) is 0.429. The van der Waals surface area contributed by atoms with E-state index in [1.807, 2.05) is 25.1 Å². The number of benzene rings is 1. The van der Waals surface area contributed by atoms with Crippen LogP contribution < -0.4 is 10.2 Å². The predicted octanol–water partition coefficient (Wildman–Crippen LogP) is 1.59. The van der Waals surface area contributed by atoms with Crippen LogP contribution in [0.5, 0.6) is 0 Å². The van der Waals surface area contributed by atoms with E-state index in [9.17, 15) is 9.59 Å². The van der Waals surface area contributed by atoms with Crippen molar-refractivity contribution in [3.63, 3.8) is 0 Å². The van der Waals surface area contributed by atoms with Gasteiger partial charge in [0.05, 0.1) is 0 Å². The molecule has 19 heavy (non-hydrogen) atoms. The maximum atomic E-state index is 12.0. The molecule has 0 aliphatic rings. The molecule has 0 saturated carbocycles. The molecule has 0 heterocycles. The Balaban J connectivity index is 2.88. The van der Waals surface area contributed by atoms with Gasteiger partial charge in [-0.05, 0) is 24.1 Å². The molecule has 5 nitrogen and oxygen atoms in total. The van der Waals surface area contributed by atoms with Crippen LogP contribution in [-0.4, -0.2) is 37.1 Å². The number of hydrogen-bond acceptors (Lipinski definition) is 3. The van der Waals surface area contributed by atoms with Crippen LogP contribution in [0.3, 0.4) is 0 Å². The number of carbonyl (C=O) groups excluding carboxylic acids is 1. The molecule has 1 atom stereocenters. The third-order valence-corrected chi connectivity index (χ3v) is 2.84. The largest absolute Gasteiger partial charge is 0.480 e. The summed E-state index contributed by atoms with van der Waals surface area (Å²) in [7, 11) is 3.76. The van der Waals surface area contributed by atoms with E-state index in [2.05, 4.69) is 5.32 Å². The van der Waals surface area contributed by atoms with Crippen LogP contribution in [0.1, 0.15) is 24.2 Å². The minimum atomic E-state index is -1.02. The SMILES string of the molecule is CC(C)C(NC(=O)c1cccc(N(C)C)c1)C(=O)O. The first-order valence-corrected chi connectivity index (χ1v) is 6.14. The number of hydrogen-bond donors (Lipinski definition) is 2. The monoisotopic (exact) mass is 264 g/mol. The van der Waals surface area contributed by atoms with Gasteiger partial charge in [-0.25, -0.2) is 4.79 Å². The standard InChI is InChI=1S/C14H20N2O3/c1-9(2)12(14(18)19)15-13(17)10-6-5-7-11(8-10)16(3)4/h5-9,12H,1-4H3,(H,15,17)(H,18,19). The van der Waals surface area contributed by atoms with Crippen LogP contribution in [0, 0.1) is 5.92 Å². The Morgan fingerprint density at radius 3 is 2.37 bits per heavy atom. The van der Waals surface area contributed by atoms with Crippen LogP contribution in [0.25, 0.3) is 0 Å². The maximum Gasteiger partial charge on any atom is 0.326 e. The van der Waals surface area contributed by atoms with Gasteiger partial charge in [-0.15, -0.1) is 0 Å². The van der Waals surface area contributed by atoms with E-state index in [4.69, 9.17) is 5.11 Å². The second-order valence-electron chi connectivity index (χ2n) is 4.98.